The van der Waals surface area contributed by atoms with Crippen LogP contribution < -0.4 is 0 Å². The molecule has 3 atom stereocenters. The Morgan fingerprint density at radius 3 is 2.39 bits per heavy atom. The number of hydrogen-bond donors (Lipinski definition) is 1. The minimum Gasteiger partial charge on any atom is -0.415 e. The van der Waals surface area contributed by atoms with Crippen LogP contribution in [0.4, 0.5) is 4.79 Å². The molecule has 0 aliphatic heterocycles. The Hall–Kier alpha value is -1.39. The lowest BCUT2D eigenvalue weighted by atomic mass is 9.75. The second kappa shape index (κ2) is 6.25. The minimum atomic E-state index is -0.758. The van der Waals surface area contributed by atoms with Crippen LogP contribution in [0, 0.1) is 5.41 Å². The van der Waals surface area contributed by atoms with Gasteiger partial charge in [-0.25, -0.2) is 4.48 Å². The van der Waals surface area contributed by atoms with Gasteiger partial charge in [-0.1, -0.05) is 44.2 Å². The van der Waals surface area contributed by atoms with E-state index < -0.39 is 5.60 Å². The molecule has 1 fully saturated rings. The number of benzene rings is 1. The minimum absolute atomic E-state index is 0.0470. The quantitative estimate of drug-likeness (QED) is 0.860. The van der Waals surface area contributed by atoms with Gasteiger partial charge in [0.1, 0.15) is 12.6 Å². The molecule has 4 heteroatoms. The summed E-state index contributed by atoms with van der Waals surface area (Å²) in [7, 11) is 1.93. The third kappa shape index (κ3) is 3.15. The molecule has 1 amide bonds. The van der Waals surface area contributed by atoms with Crippen LogP contribution in [0.25, 0.3) is 0 Å². The fraction of sp³-hybridized carbons (Fsp3) is 0.632. The van der Waals surface area contributed by atoms with Gasteiger partial charge in [-0.15, -0.1) is 0 Å². The van der Waals surface area contributed by atoms with E-state index in [1.807, 2.05) is 51.2 Å². The maximum atomic E-state index is 12.8. The number of carbonyl (C=O) groups is 1. The van der Waals surface area contributed by atoms with Gasteiger partial charge in [-0.05, 0) is 25.8 Å². The molecule has 1 aromatic rings. The molecule has 1 N–H and O–H groups in total. The molecule has 3 unspecified atom stereocenters. The van der Waals surface area contributed by atoms with E-state index in [-0.39, 0.29) is 28.6 Å². The van der Waals surface area contributed by atoms with Crippen molar-refractivity contribution in [3.63, 3.8) is 0 Å². The molecule has 2 rings (SSSR count). The Kier molecular flexibility index (Phi) is 4.88. The normalized spacial score (nSPS) is 29.0. The van der Waals surface area contributed by atoms with Crippen LogP contribution >= 0.6 is 0 Å². The fourth-order valence-electron chi connectivity index (χ4n) is 3.80. The summed E-state index contributed by atoms with van der Waals surface area (Å²) in [4.78, 5) is 12.8. The maximum absolute atomic E-state index is 12.8. The summed E-state index contributed by atoms with van der Waals surface area (Å²) in [5.74, 6) is 0. The van der Waals surface area contributed by atoms with Gasteiger partial charge < -0.3 is 9.84 Å². The van der Waals surface area contributed by atoms with Crippen LogP contribution in [0.5, 0.6) is 0 Å². The van der Waals surface area contributed by atoms with Crippen molar-refractivity contribution in [2.75, 3.05) is 13.6 Å². The second-order valence-corrected chi connectivity index (χ2v) is 7.67. The standard InChI is InChI=1S/C19H30NO3/c1-6-20(5,16-12-13-19(4,22)18(16,2)3)17(21)23-14-15-10-8-7-9-11-15/h7-11,16,22H,6,12-14H2,1-5H3/q+1. The lowest BCUT2D eigenvalue weighted by molar-refractivity contribution is -0.869. The molecule has 4 nitrogen and oxygen atoms in total. The average molecular weight is 320 g/mol. The van der Waals surface area contributed by atoms with Crippen molar-refractivity contribution in [2.45, 2.75) is 58.8 Å². The van der Waals surface area contributed by atoms with Gasteiger partial charge in [0.05, 0.1) is 19.2 Å². The molecule has 0 radical (unpaired) electrons. The molecule has 1 saturated carbocycles. The molecule has 1 aliphatic rings. The molecule has 128 valence electrons. The van der Waals surface area contributed by atoms with Crippen LogP contribution in [-0.2, 0) is 11.3 Å². The molecular weight excluding hydrogens is 290 g/mol. The number of nitrogens with zero attached hydrogens (tertiary/aromatic N) is 1. The number of quaternary nitrogens is 1. The topological polar surface area (TPSA) is 46.5 Å². The summed E-state index contributed by atoms with van der Waals surface area (Å²) in [5, 5.41) is 10.7. The van der Waals surface area contributed by atoms with E-state index in [1.54, 1.807) is 0 Å². The Morgan fingerprint density at radius 1 is 1.30 bits per heavy atom. The van der Waals surface area contributed by atoms with E-state index >= 15 is 0 Å². The highest BCUT2D eigenvalue weighted by molar-refractivity contribution is 5.60. The highest BCUT2D eigenvalue weighted by Crippen LogP contribution is 2.50. The largest absolute Gasteiger partial charge is 0.516 e. The van der Waals surface area contributed by atoms with Gasteiger partial charge in [0.15, 0.2) is 0 Å². The van der Waals surface area contributed by atoms with Crippen molar-refractivity contribution in [3.05, 3.63) is 35.9 Å². The van der Waals surface area contributed by atoms with Crippen molar-refractivity contribution in [3.8, 4) is 0 Å². The third-order valence-corrected chi connectivity index (χ3v) is 6.09. The van der Waals surface area contributed by atoms with E-state index in [9.17, 15) is 9.90 Å². The summed E-state index contributed by atoms with van der Waals surface area (Å²) in [6.45, 7) is 8.94. The van der Waals surface area contributed by atoms with Gasteiger partial charge in [0.25, 0.3) is 0 Å². The van der Waals surface area contributed by atoms with Gasteiger partial charge in [0.2, 0.25) is 0 Å². The van der Waals surface area contributed by atoms with E-state index in [4.69, 9.17) is 4.74 Å². The van der Waals surface area contributed by atoms with Crippen LogP contribution in [0.15, 0.2) is 30.3 Å². The predicted octanol–water partition coefficient (Wildman–Crippen LogP) is 3.73. The van der Waals surface area contributed by atoms with Gasteiger partial charge >= 0.3 is 6.09 Å². The number of amides is 1. The zero-order chi connectivity index (χ0) is 17.3. The Bertz CT molecular complexity index is 553. The molecule has 1 aliphatic carbocycles. The van der Waals surface area contributed by atoms with E-state index in [2.05, 4.69) is 13.8 Å². The molecule has 23 heavy (non-hydrogen) atoms. The summed E-state index contributed by atoms with van der Waals surface area (Å²) in [6, 6.07) is 9.77. The highest BCUT2D eigenvalue weighted by Gasteiger charge is 2.60. The van der Waals surface area contributed by atoms with Gasteiger partial charge in [0, 0.05) is 11.8 Å². The molecule has 0 bridgehead atoms. The van der Waals surface area contributed by atoms with Crippen LogP contribution in [-0.4, -0.2) is 40.9 Å². The Labute approximate surface area is 139 Å². The van der Waals surface area contributed by atoms with Gasteiger partial charge in [-0.3, -0.25) is 0 Å². The van der Waals surface area contributed by atoms with E-state index in [0.717, 1.165) is 12.0 Å². The Morgan fingerprint density at radius 2 is 1.91 bits per heavy atom. The van der Waals surface area contributed by atoms with Crippen molar-refractivity contribution in [1.29, 1.82) is 0 Å². The molecule has 0 saturated heterocycles. The average Bonchev–Trinajstić information content (AvgIpc) is 2.74. The summed E-state index contributed by atoms with van der Waals surface area (Å²) in [5.41, 5.74) is -0.114. The maximum Gasteiger partial charge on any atom is 0.516 e. The molecule has 0 aromatic heterocycles. The predicted molar refractivity (Wildman–Crippen MR) is 90.8 cm³/mol. The second-order valence-electron chi connectivity index (χ2n) is 7.67. The van der Waals surface area contributed by atoms with Gasteiger partial charge in [-0.2, -0.15) is 4.79 Å². The van der Waals surface area contributed by atoms with Crippen LogP contribution in [0.3, 0.4) is 0 Å². The first kappa shape index (κ1) is 18.0. The van der Waals surface area contributed by atoms with E-state index in [0.29, 0.717) is 13.0 Å². The zero-order valence-electron chi connectivity index (χ0n) is 15.0. The first-order chi connectivity index (χ1) is 10.6. The number of ether oxygens (including phenoxy) is 1. The first-order valence-corrected chi connectivity index (χ1v) is 8.44. The van der Waals surface area contributed by atoms with Crippen LogP contribution in [0.2, 0.25) is 0 Å². The molecular formula is C19H30NO3+. The number of carbonyl (C=O) groups excluding carboxylic acids is 1. The van der Waals surface area contributed by atoms with Crippen molar-refractivity contribution < 1.29 is 19.1 Å². The summed E-state index contributed by atoms with van der Waals surface area (Å²) >= 11 is 0. The highest BCUT2D eigenvalue weighted by atomic mass is 16.6. The number of aliphatic hydroxyl groups is 1. The monoisotopic (exact) mass is 320 g/mol. The third-order valence-electron chi connectivity index (χ3n) is 6.09. The van der Waals surface area contributed by atoms with Crippen molar-refractivity contribution >= 4 is 6.09 Å². The number of hydrogen-bond acceptors (Lipinski definition) is 3. The Balaban J connectivity index is 2.15. The summed E-state index contributed by atoms with van der Waals surface area (Å²) in [6.07, 6.45) is 1.32. The fourth-order valence-corrected chi connectivity index (χ4v) is 3.80. The lowest BCUT2D eigenvalue weighted by Gasteiger charge is -2.44. The van der Waals surface area contributed by atoms with Crippen molar-refractivity contribution in [1.82, 2.24) is 0 Å². The molecule has 0 heterocycles. The van der Waals surface area contributed by atoms with Crippen LogP contribution in [0.1, 0.15) is 46.1 Å². The molecule has 1 aromatic carbocycles. The van der Waals surface area contributed by atoms with Crippen molar-refractivity contribution in [2.24, 2.45) is 5.41 Å². The number of rotatable bonds is 4. The molecule has 0 spiro atoms. The SMILES string of the molecule is CC[N+](C)(C(=O)OCc1ccccc1)C1CCC(C)(O)C1(C)C. The first-order valence-electron chi connectivity index (χ1n) is 8.44. The smallest absolute Gasteiger partial charge is 0.415 e. The van der Waals surface area contributed by atoms with E-state index in [1.165, 1.54) is 0 Å². The summed E-state index contributed by atoms with van der Waals surface area (Å²) < 4.78 is 5.81. The lowest BCUT2D eigenvalue weighted by Crippen LogP contribution is -2.62. The zero-order valence-corrected chi connectivity index (χ0v) is 15.0.